The van der Waals surface area contributed by atoms with Crippen LogP contribution in [0.2, 0.25) is 0 Å². The van der Waals surface area contributed by atoms with Gasteiger partial charge in [-0.2, -0.15) is 0 Å². The number of halogens is 3. The molecule has 1 fully saturated rings. The van der Waals surface area contributed by atoms with E-state index in [0.29, 0.717) is 28.2 Å². The molecule has 0 aliphatic carbocycles. The van der Waals surface area contributed by atoms with Gasteiger partial charge in [0.25, 0.3) is 12.0 Å². The van der Waals surface area contributed by atoms with Crippen molar-refractivity contribution in [2.75, 3.05) is 25.5 Å². The number of anilines is 1. The number of fused-ring (bicyclic) bond motifs is 1. The zero-order valence-corrected chi connectivity index (χ0v) is 19.2. The number of hydrogen-bond acceptors (Lipinski definition) is 5. The number of likely N-dealkylation sites (tertiary alicyclic amines) is 1. The highest BCUT2D eigenvalue weighted by atomic mass is 19.3. The van der Waals surface area contributed by atoms with Crippen LogP contribution < -0.4 is 10.9 Å². The molecule has 1 saturated heterocycles. The van der Waals surface area contributed by atoms with Crippen molar-refractivity contribution in [3.8, 4) is 0 Å². The fourth-order valence-electron chi connectivity index (χ4n) is 4.54. The second-order valence-corrected chi connectivity index (χ2v) is 8.82. The van der Waals surface area contributed by atoms with Gasteiger partial charge in [0.05, 0.1) is 17.0 Å². The number of benzene rings is 1. The van der Waals surface area contributed by atoms with Gasteiger partial charge in [-0.25, -0.2) is 23.1 Å². The van der Waals surface area contributed by atoms with E-state index in [0.717, 1.165) is 32.0 Å². The fraction of sp³-hybridized carbons (Fsp3) is 0.458. The van der Waals surface area contributed by atoms with E-state index in [-0.39, 0.29) is 17.0 Å². The Hall–Kier alpha value is -2.94. The predicted octanol–water partition coefficient (Wildman–Crippen LogP) is 4.70. The van der Waals surface area contributed by atoms with Crippen molar-refractivity contribution < 1.29 is 13.2 Å². The first kappa shape index (κ1) is 23.2. The molecule has 1 N–H and O–H groups in total. The molecule has 4 rings (SSSR count). The minimum Gasteiger partial charge on any atom is -0.363 e. The molecule has 1 aliphatic heterocycles. The molecule has 1 aliphatic rings. The van der Waals surface area contributed by atoms with Gasteiger partial charge in [0.1, 0.15) is 23.1 Å². The summed E-state index contributed by atoms with van der Waals surface area (Å²) in [5.41, 5.74) is 0.604. The van der Waals surface area contributed by atoms with E-state index in [1.165, 1.54) is 16.7 Å². The summed E-state index contributed by atoms with van der Waals surface area (Å²) in [6.45, 7) is 5.23. The number of rotatable bonds is 5. The van der Waals surface area contributed by atoms with Crippen molar-refractivity contribution >= 4 is 16.9 Å². The van der Waals surface area contributed by atoms with E-state index in [1.807, 2.05) is 6.07 Å². The van der Waals surface area contributed by atoms with Gasteiger partial charge in [-0.1, -0.05) is 18.2 Å². The van der Waals surface area contributed by atoms with Gasteiger partial charge < -0.3 is 10.2 Å². The Labute approximate surface area is 190 Å². The van der Waals surface area contributed by atoms with Crippen LogP contribution in [-0.4, -0.2) is 39.6 Å². The molecule has 0 unspecified atom stereocenters. The Morgan fingerprint density at radius 3 is 2.45 bits per heavy atom. The lowest BCUT2D eigenvalue weighted by Crippen LogP contribution is -2.33. The van der Waals surface area contributed by atoms with Crippen LogP contribution in [0.15, 0.2) is 29.1 Å². The Morgan fingerprint density at radius 1 is 1.12 bits per heavy atom. The molecule has 3 heterocycles. The molecule has 1 aromatic carbocycles. The molecule has 9 heteroatoms. The van der Waals surface area contributed by atoms with Crippen LogP contribution in [0.1, 0.15) is 60.7 Å². The highest BCUT2D eigenvalue weighted by Gasteiger charge is 2.25. The van der Waals surface area contributed by atoms with Gasteiger partial charge in [0.15, 0.2) is 0 Å². The summed E-state index contributed by atoms with van der Waals surface area (Å²) in [5.74, 6) is 0.0933. The number of nitrogens with one attached hydrogen (secondary N) is 1. The number of piperidine rings is 1. The lowest BCUT2D eigenvalue weighted by atomic mass is 9.90. The molecule has 33 heavy (non-hydrogen) atoms. The summed E-state index contributed by atoms with van der Waals surface area (Å²) in [5, 5.41) is 3.82. The second-order valence-electron chi connectivity index (χ2n) is 8.82. The van der Waals surface area contributed by atoms with E-state index in [9.17, 15) is 18.0 Å². The Morgan fingerprint density at radius 2 is 1.79 bits per heavy atom. The summed E-state index contributed by atoms with van der Waals surface area (Å²) >= 11 is 0. The second kappa shape index (κ2) is 9.13. The van der Waals surface area contributed by atoms with Crippen LogP contribution in [0.25, 0.3) is 11.0 Å². The molecular formula is C24H28F3N5O. The van der Waals surface area contributed by atoms with E-state index >= 15 is 0 Å². The molecule has 176 valence electrons. The van der Waals surface area contributed by atoms with Gasteiger partial charge in [-0.15, -0.1) is 0 Å². The highest BCUT2D eigenvalue weighted by molar-refractivity contribution is 5.87. The van der Waals surface area contributed by atoms with Crippen LogP contribution in [-0.2, 0) is 7.05 Å². The molecule has 0 amide bonds. The third-order valence-corrected chi connectivity index (χ3v) is 6.48. The summed E-state index contributed by atoms with van der Waals surface area (Å²) < 4.78 is 42.6. The van der Waals surface area contributed by atoms with Crippen molar-refractivity contribution in [3.63, 3.8) is 0 Å². The standard InChI is InChI=1S/C24H28F3N5O/c1-13(16-6-5-7-17(20(16)25)21(26)27)28-22-19-12-18(15-8-10-31(3)11-9-15)24(33)32(4)23(19)30-14(2)29-22/h5-7,12-13,15,21H,8-11H2,1-4H3,(H,28,29,30)/t13-/m1/s1. The Balaban J connectivity index is 1.78. The van der Waals surface area contributed by atoms with Crippen LogP contribution in [0.3, 0.4) is 0 Å². The highest BCUT2D eigenvalue weighted by Crippen LogP contribution is 2.32. The zero-order valence-electron chi connectivity index (χ0n) is 19.2. The minimum atomic E-state index is -2.90. The molecule has 0 bridgehead atoms. The molecule has 0 saturated carbocycles. The molecule has 3 aromatic rings. The van der Waals surface area contributed by atoms with Crippen LogP contribution in [0.4, 0.5) is 19.0 Å². The predicted molar refractivity (Wildman–Crippen MR) is 122 cm³/mol. The quantitative estimate of drug-likeness (QED) is 0.600. The molecule has 2 aromatic heterocycles. The van der Waals surface area contributed by atoms with Crippen molar-refractivity contribution in [2.24, 2.45) is 7.05 Å². The maximum atomic E-state index is 14.7. The third-order valence-electron chi connectivity index (χ3n) is 6.48. The van der Waals surface area contributed by atoms with E-state index < -0.39 is 23.8 Å². The monoisotopic (exact) mass is 459 g/mol. The molecule has 0 radical (unpaired) electrons. The third kappa shape index (κ3) is 4.46. The smallest absolute Gasteiger partial charge is 0.266 e. The topological polar surface area (TPSA) is 63.1 Å². The van der Waals surface area contributed by atoms with Gasteiger partial charge in [0, 0.05) is 18.2 Å². The number of pyridine rings is 1. The van der Waals surface area contributed by atoms with Gasteiger partial charge in [0.2, 0.25) is 0 Å². The number of hydrogen-bond donors (Lipinski definition) is 1. The average Bonchev–Trinajstić information content (AvgIpc) is 2.77. The molecule has 6 nitrogen and oxygen atoms in total. The van der Waals surface area contributed by atoms with Gasteiger partial charge in [-0.05, 0) is 58.8 Å². The summed E-state index contributed by atoms with van der Waals surface area (Å²) in [4.78, 5) is 24.3. The summed E-state index contributed by atoms with van der Waals surface area (Å²) in [6.07, 6.45) is -1.13. The van der Waals surface area contributed by atoms with E-state index in [1.54, 1.807) is 20.9 Å². The maximum Gasteiger partial charge on any atom is 0.266 e. The molecule has 1 atom stereocenters. The fourth-order valence-corrected chi connectivity index (χ4v) is 4.54. The average molecular weight is 460 g/mol. The number of aryl methyl sites for hydroxylation is 2. The molecule has 0 spiro atoms. The van der Waals surface area contributed by atoms with Gasteiger partial charge in [-0.3, -0.25) is 9.36 Å². The largest absolute Gasteiger partial charge is 0.363 e. The first-order valence-electron chi connectivity index (χ1n) is 11.1. The van der Waals surface area contributed by atoms with Crippen molar-refractivity contribution in [1.82, 2.24) is 19.4 Å². The Kier molecular flexibility index (Phi) is 6.43. The lowest BCUT2D eigenvalue weighted by Gasteiger charge is -2.29. The van der Waals surface area contributed by atoms with Crippen LogP contribution in [0, 0.1) is 12.7 Å². The van der Waals surface area contributed by atoms with Crippen molar-refractivity contribution in [1.29, 1.82) is 0 Å². The summed E-state index contributed by atoms with van der Waals surface area (Å²) in [6, 6.07) is 5.20. The van der Waals surface area contributed by atoms with E-state index in [4.69, 9.17) is 0 Å². The maximum absolute atomic E-state index is 14.7. The van der Waals surface area contributed by atoms with E-state index in [2.05, 4.69) is 27.2 Å². The molecular weight excluding hydrogens is 431 g/mol. The van der Waals surface area contributed by atoms with Crippen molar-refractivity contribution in [2.45, 2.75) is 45.1 Å². The van der Waals surface area contributed by atoms with Crippen LogP contribution >= 0.6 is 0 Å². The summed E-state index contributed by atoms with van der Waals surface area (Å²) in [7, 11) is 3.76. The minimum absolute atomic E-state index is 0.0789. The first-order valence-corrected chi connectivity index (χ1v) is 11.1. The van der Waals surface area contributed by atoms with Crippen LogP contribution in [0.5, 0.6) is 0 Å². The number of aromatic nitrogens is 3. The van der Waals surface area contributed by atoms with Crippen molar-refractivity contribution in [3.05, 3.63) is 63.0 Å². The number of nitrogens with zero attached hydrogens (tertiary/aromatic N) is 4. The first-order chi connectivity index (χ1) is 15.7. The zero-order chi connectivity index (χ0) is 23.9. The Bertz CT molecular complexity index is 1230. The lowest BCUT2D eigenvalue weighted by molar-refractivity contribution is 0.146. The van der Waals surface area contributed by atoms with Gasteiger partial charge >= 0.3 is 0 Å². The number of alkyl halides is 2. The normalized spacial score (nSPS) is 16.5. The SMILES string of the molecule is Cc1nc(N[C@H](C)c2cccc(C(F)F)c2F)c2cc(C3CCN(C)CC3)c(=O)n(C)c2n1.